The van der Waals surface area contributed by atoms with Crippen molar-refractivity contribution in [3.8, 4) is 0 Å². The van der Waals surface area contributed by atoms with Gasteiger partial charge in [0.25, 0.3) is 5.60 Å². The van der Waals surface area contributed by atoms with Crippen LogP contribution in [0, 0.1) is 5.41 Å². The summed E-state index contributed by atoms with van der Waals surface area (Å²) in [5.41, 5.74) is -5.33. The predicted octanol–water partition coefficient (Wildman–Crippen LogP) is 7.77. The first kappa shape index (κ1) is 33.4. The highest BCUT2D eigenvalue weighted by molar-refractivity contribution is 5.55. The van der Waals surface area contributed by atoms with E-state index in [2.05, 4.69) is 13.8 Å². The topological polar surface area (TPSA) is 72.3 Å². The Hall–Kier alpha value is -2.58. The SMILES string of the molecule is CC(C1=CC(c2ccc(N)c(C(O)(C(F)(F)F)C(F)(F)F)c2)CC=C1N)(C(F)(F)F)C(F)(F)F.CCCC. The van der Waals surface area contributed by atoms with E-state index in [0.717, 1.165) is 12.1 Å². The molecule has 1 aliphatic rings. The summed E-state index contributed by atoms with van der Waals surface area (Å²) in [6.45, 7) is 4.17. The van der Waals surface area contributed by atoms with Gasteiger partial charge < -0.3 is 16.6 Å². The number of alkyl halides is 12. The van der Waals surface area contributed by atoms with Gasteiger partial charge in [-0.3, -0.25) is 0 Å². The molecule has 38 heavy (non-hydrogen) atoms. The molecular formula is C23H26F12N2O. The van der Waals surface area contributed by atoms with Crippen LogP contribution in [0.2, 0.25) is 0 Å². The Balaban J connectivity index is 0.00000168. The van der Waals surface area contributed by atoms with Gasteiger partial charge in [0.2, 0.25) is 0 Å². The highest BCUT2D eigenvalue weighted by atomic mass is 19.4. The summed E-state index contributed by atoms with van der Waals surface area (Å²) < 4.78 is 160. The quantitative estimate of drug-likeness (QED) is 0.254. The summed E-state index contributed by atoms with van der Waals surface area (Å²) in [4.78, 5) is 0. The molecule has 0 aromatic heterocycles. The van der Waals surface area contributed by atoms with Gasteiger partial charge in [0.05, 0.1) is 0 Å². The number of rotatable bonds is 4. The van der Waals surface area contributed by atoms with Crippen LogP contribution in [-0.2, 0) is 5.60 Å². The monoisotopic (exact) mass is 574 g/mol. The second-order valence-corrected chi connectivity index (χ2v) is 8.76. The minimum atomic E-state index is -6.32. The van der Waals surface area contributed by atoms with Crippen LogP contribution in [0.1, 0.15) is 57.1 Å². The van der Waals surface area contributed by atoms with E-state index in [-0.39, 0.29) is 13.0 Å². The lowest BCUT2D eigenvalue weighted by molar-refractivity contribution is -0.376. The van der Waals surface area contributed by atoms with Crippen molar-refractivity contribution in [1.29, 1.82) is 0 Å². The predicted molar refractivity (Wildman–Crippen MR) is 115 cm³/mol. The van der Waals surface area contributed by atoms with Crippen LogP contribution >= 0.6 is 0 Å². The van der Waals surface area contributed by atoms with Crippen molar-refractivity contribution in [2.75, 3.05) is 5.73 Å². The third-order valence-corrected chi connectivity index (χ3v) is 6.16. The third-order valence-electron chi connectivity index (χ3n) is 6.16. The zero-order valence-corrected chi connectivity index (χ0v) is 20.2. The summed E-state index contributed by atoms with van der Waals surface area (Å²) in [5.74, 6) is -1.56. The fraction of sp³-hybridized carbons (Fsp3) is 0.565. The molecule has 218 valence electrons. The minimum Gasteiger partial charge on any atom is -0.399 e. The largest absolute Gasteiger partial charge is 0.430 e. The van der Waals surface area contributed by atoms with Crippen LogP contribution < -0.4 is 11.5 Å². The van der Waals surface area contributed by atoms with Crippen molar-refractivity contribution in [3.05, 3.63) is 52.7 Å². The molecule has 0 saturated heterocycles. The summed E-state index contributed by atoms with van der Waals surface area (Å²) in [6, 6.07) is 1.48. The molecule has 0 amide bonds. The minimum absolute atomic E-state index is 0.142. The Labute approximate surface area is 210 Å². The molecule has 0 heterocycles. The van der Waals surface area contributed by atoms with Crippen LogP contribution in [-0.4, -0.2) is 29.8 Å². The maximum absolute atomic E-state index is 13.5. The Morgan fingerprint density at radius 2 is 1.24 bits per heavy atom. The average Bonchev–Trinajstić information content (AvgIpc) is 2.76. The molecule has 1 aromatic rings. The molecule has 1 unspecified atom stereocenters. The van der Waals surface area contributed by atoms with Crippen molar-refractivity contribution >= 4 is 5.69 Å². The van der Waals surface area contributed by atoms with Crippen molar-refractivity contribution in [1.82, 2.24) is 0 Å². The average molecular weight is 574 g/mol. The number of hydrogen-bond donors (Lipinski definition) is 3. The Morgan fingerprint density at radius 3 is 1.61 bits per heavy atom. The summed E-state index contributed by atoms with van der Waals surface area (Å²) in [6.07, 6.45) is -21.1. The lowest BCUT2D eigenvalue weighted by Gasteiger charge is -2.38. The molecule has 0 spiro atoms. The molecular weight excluding hydrogens is 548 g/mol. The molecule has 2 rings (SSSR count). The maximum Gasteiger partial charge on any atom is 0.430 e. The normalized spacial score (nSPS) is 17.8. The number of anilines is 1. The van der Waals surface area contributed by atoms with E-state index in [9.17, 15) is 57.8 Å². The van der Waals surface area contributed by atoms with Crippen LogP contribution in [0.3, 0.4) is 0 Å². The molecule has 1 atom stereocenters. The second kappa shape index (κ2) is 10.9. The smallest absolute Gasteiger partial charge is 0.399 e. The number of nitrogens with two attached hydrogens (primary N) is 2. The number of unbranched alkanes of at least 4 members (excludes halogenated alkanes) is 1. The van der Waals surface area contributed by atoms with Crippen LogP contribution in [0.25, 0.3) is 0 Å². The molecule has 0 aliphatic heterocycles. The standard InChI is InChI=1S/C19H16F12N2O.C4H10/c1-14(16(20,21)22,17(23,24)25)10-6-8(2-4-12(10)32)9-3-5-13(33)11(7-9)15(34,18(26,27)28)19(29,30)31;1-3-4-2/h3-8,34H,2,32-33H2,1H3;3-4H2,1-2H3. The number of hydrogen-bond acceptors (Lipinski definition) is 3. The first-order chi connectivity index (χ1) is 16.9. The van der Waals surface area contributed by atoms with Gasteiger partial charge in [0.1, 0.15) is 0 Å². The molecule has 15 heteroatoms. The lowest BCUT2D eigenvalue weighted by atomic mass is 9.73. The van der Waals surface area contributed by atoms with Gasteiger partial charge >= 0.3 is 24.7 Å². The number of halogens is 12. The van der Waals surface area contributed by atoms with E-state index in [1.54, 1.807) is 0 Å². The zero-order chi connectivity index (χ0) is 30.1. The molecule has 1 aliphatic carbocycles. The molecule has 1 aromatic carbocycles. The van der Waals surface area contributed by atoms with Crippen molar-refractivity contribution in [3.63, 3.8) is 0 Å². The highest BCUT2D eigenvalue weighted by Gasteiger charge is 2.72. The van der Waals surface area contributed by atoms with Gasteiger partial charge in [-0.2, -0.15) is 52.7 Å². The van der Waals surface area contributed by atoms with Gasteiger partial charge in [-0.15, -0.1) is 0 Å². The number of benzene rings is 1. The van der Waals surface area contributed by atoms with Crippen molar-refractivity contribution in [2.45, 2.75) is 76.3 Å². The number of aliphatic hydroxyl groups is 1. The van der Waals surface area contributed by atoms with Gasteiger partial charge in [-0.1, -0.05) is 44.9 Å². The third kappa shape index (κ3) is 6.01. The summed E-state index contributed by atoms with van der Waals surface area (Å²) in [5, 5.41) is 9.62. The van der Waals surface area contributed by atoms with E-state index in [1.165, 1.54) is 12.8 Å². The fourth-order valence-electron chi connectivity index (χ4n) is 3.47. The first-order valence-corrected chi connectivity index (χ1v) is 11.0. The fourth-order valence-corrected chi connectivity index (χ4v) is 3.47. The van der Waals surface area contributed by atoms with Gasteiger partial charge in [0.15, 0.2) is 5.41 Å². The summed E-state index contributed by atoms with van der Waals surface area (Å²) in [7, 11) is 0. The number of allylic oxidation sites excluding steroid dienone is 3. The molecule has 0 bridgehead atoms. The zero-order valence-electron chi connectivity index (χ0n) is 20.2. The summed E-state index contributed by atoms with van der Waals surface area (Å²) >= 11 is 0. The lowest BCUT2D eigenvalue weighted by Crippen LogP contribution is -2.54. The highest BCUT2D eigenvalue weighted by Crippen LogP contribution is 2.57. The molecule has 0 saturated carbocycles. The van der Waals surface area contributed by atoms with Crippen LogP contribution in [0.5, 0.6) is 0 Å². The Morgan fingerprint density at radius 1 is 0.789 bits per heavy atom. The van der Waals surface area contributed by atoms with Crippen molar-refractivity contribution < 1.29 is 57.8 Å². The molecule has 3 nitrogen and oxygen atoms in total. The van der Waals surface area contributed by atoms with E-state index < -0.39 is 76.1 Å². The van der Waals surface area contributed by atoms with E-state index in [0.29, 0.717) is 12.1 Å². The van der Waals surface area contributed by atoms with Crippen LogP contribution in [0.15, 0.2) is 41.6 Å². The van der Waals surface area contributed by atoms with Crippen molar-refractivity contribution in [2.24, 2.45) is 11.1 Å². The molecule has 5 N–H and O–H groups in total. The van der Waals surface area contributed by atoms with Gasteiger partial charge in [-0.05, 0) is 36.6 Å². The van der Waals surface area contributed by atoms with E-state index in [4.69, 9.17) is 11.5 Å². The van der Waals surface area contributed by atoms with Crippen LogP contribution in [0.4, 0.5) is 58.4 Å². The molecule has 0 fully saturated rings. The Bertz CT molecular complexity index is 1000. The Kier molecular flexibility index (Phi) is 9.58. The maximum atomic E-state index is 13.5. The van der Waals surface area contributed by atoms with E-state index >= 15 is 0 Å². The number of nitrogen functional groups attached to an aromatic ring is 1. The molecule has 0 radical (unpaired) electrons. The van der Waals surface area contributed by atoms with E-state index in [1.807, 2.05) is 0 Å². The first-order valence-electron chi connectivity index (χ1n) is 11.0. The second-order valence-electron chi connectivity index (χ2n) is 8.76. The van der Waals surface area contributed by atoms with Gasteiger partial charge in [0, 0.05) is 22.9 Å². The van der Waals surface area contributed by atoms with Gasteiger partial charge in [-0.25, -0.2) is 0 Å².